The van der Waals surface area contributed by atoms with E-state index in [0.29, 0.717) is 13.0 Å². The monoisotopic (exact) mass is 407 g/mol. The summed E-state index contributed by atoms with van der Waals surface area (Å²) in [5.41, 5.74) is 1.02. The molecule has 2 atom stereocenters. The number of carbonyl (C=O) groups is 1. The van der Waals surface area contributed by atoms with Crippen LogP contribution in [0.15, 0.2) is 24.3 Å². The van der Waals surface area contributed by atoms with Crippen LogP contribution in [0.4, 0.5) is 0 Å². The number of para-hydroxylation sites is 1. The molecule has 2 fully saturated rings. The van der Waals surface area contributed by atoms with Crippen LogP contribution >= 0.6 is 11.3 Å². The van der Waals surface area contributed by atoms with E-state index < -0.39 is 9.84 Å². The highest BCUT2D eigenvalue weighted by Crippen LogP contribution is 2.35. The zero-order valence-corrected chi connectivity index (χ0v) is 17.1. The minimum atomic E-state index is -2.99. The Morgan fingerprint density at radius 1 is 1.30 bits per heavy atom. The third kappa shape index (κ3) is 4.02. The molecule has 3 heterocycles. The van der Waals surface area contributed by atoms with Crippen LogP contribution < -0.4 is 0 Å². The lowest BCUT2D eigenvalue weighted by Crippen LogP contribution is -2.46. The van der Waals surface area contributed by atoms with Gasteiger partial charge in [-0.15, -0.1) is 11.3 Å². The fourth-order valence-corrected chi connectivity index (χ4v) is 6.97. The zero-order valence-electron chi connectivity index (χ0n) is 15.5. The number of nitrogens with zero attached hydrogens (tertiary/aromatic N) is 3. The van der Waals surface area contributed by atoms with Gasteiger partial charge in [0.2, 0.25) is 5.91 Å². The van der Waals surface area contributed by atoms with Gasteiger partial charge in [0.25, 0.3) is 0 Å². The van der Waals surface area contributed by atoms with Gasteiger partial charge in [-0.1, -0.05) is 18.6 Å². The van der Waals surface area contributed by atoms with E-state index in [9.17, 15) is 13.2 Å². The third-order valence-electron chi connectivity index (χ3n) is 5.70. The van der Waals surface area contributed by atoms with Crippen molar-refractivity contribution in [2.45, 2.75) is 37.8 Å². The van der Waals surface area contributed by atoms with Gasteiger partial charge in [-0.3, -0.25) is 9.69 Å². The van der Waals surface area contributed by atoms with Crippen molar-refractivity contribution in [3.63, 3.8) is 0 Å². The van der Waals surface area contributed by atoms with Crippen LogP contribution in [0.3, 0.4) is 0 Å². The molecule has 0 N–H and O–H groups in total. The number of rotatable bonds is 4. The molecule has 27 heavy (non-hydrogen) atoms. The molecule has 0 unspecified atom stereocenters. The molecule has 8 heteroatoms. The average Bonchev–Trinajstić information content (AvgIpc) is 3.24. The van der Waals surface area contributed by atoms with Crippen molar-refractivity contribution in [1.29, 1.82) is 0 Å². The number of piperidine rings is 1. The van der Waals surface area contributed by atoms with Crippen LogP contribution in [-0.2, 0) is 14.6 Å². The number of sulfone groups is 1. The predicted molar refractivity (Wildman–Crippen MR) is 108 cm³/mol. The molecular formula is C19H25N3O3S2. The summed E-state index contributed by atoms with van der Waals surface area (Å²) in [5.74, 6) is 0.286. The summed E-state index contributed by atoms with van der Waals surface area (Å²) < 4.78 is 24.6. The number of fused-ring (bicyclic) bond motifs is 1. The van der Waals surface area contributed by atoms with Gasteiger partial charge in [-0.25, -0.2) is 13.4 Å². The van der Waals surface area contributed by atoms with Crippen LogP contribution in [0, 0.1) is 0 Å². The van der Waals surface area contributed by atoms with E-state index in [0.717, 1.165) is 36.3 Å². The Labute approximate surface area is 164 Å². The minimum Gasteiger partial charge on any atom is -0.341 e. The van der Waals surface area contributed by atoms with Crippen molar-refractivity contribution in [1.82, 2.24) is 14.8 Å². The number of aromatic nitrogens is 1. The molecule has 0 bridgehead atoms. The molecule has 146 valence electrons. The second-order valence-corrected chi connectivity index (χ2v) is 10.9. The molecule has 0 radical (unpaired) electrons. The summed E-state index contributed by atoms with van der Waals surface area (Å²) in [6, 6.07) is 8.12. The fourth-order valence-electron chi connectivity index (χ4n) is 4.06. The summed E-state index contributed by atoms with van der Waals surface area (Å²) in [7, 11) is -1.25. The highest BCUT2D eigenvalue weighted by atomic mass is 32.2. The van der Waals surface area contributed by atoms with Crippen LogP contribution in [0.1, 0.15) is 36.7 Å². The van der Waals surface area contributed by atoms with Crippen molar-refractivity contribution in [3.8, 4) is 0 Å². The van der Waals surface area contributed by atoms with Gasteiger partial charge in [0.15, 0.2) is 9.84 Å². The quantitative estimate of drug-likeness (QED) is 0.779. The molecule has 0 spiro atoms. The fraction of sp³-hybridized carbons (Fsp3) is 0.579. The lowest BCUT2D eigenvalue weighted by atomic mass is 10.0. The molecule has 0 aliphatic carbocycles. The van der Waals surface area contributed by atoms with E-state index in [1.165, 1.54) is 4.70 Å². The van der Waals surface area contributed by atoms with Gasteiger partial charge in [0.1, 0.15) is 5.01 Å². The van der Waals surface area contributed by atoms with Crippen molar-refractivity contribution < 1.29 is 13.2 Å². The molecule has 1 aromatic heterocycles. The maximum absolute atomic E-state index is 12.8. The Morgan fingerprint density at radius 3 is 2.85 bits per heavy atom. The van der Waals surface area contributed by atoms with Crippen LogP contribution in [-0.4, -0.2) is 66.8 Å². The second-order valence-electron chi connectivity index (χ2n) is 7.56. The number of thiazole rings is 1. The molecule has 1 aromatic carbocycles. The van der Waals surface area contributed by atoms with E-state index in [2.05, 4.69) is 11.0 Å². The average molecular weight is 408 g/mol. The Balaban J connectivity index is 1.48. The molecule has 4 rings (SSSR count). The van der Waals surface area contributed by atoms with Gasteiger partial charge in [-0.2, -0.15) is 0 Å². The van der Waals surface area contributed by atoms with Gasteiger partial charge in [0, 0.05) is 13.1 Å². The first-order valence-corrected chi connectivity index (χ1v) is 12.1. The molecule has 2 aliphatic heterocycles. The summed E-state index contributed by atoms with van der Waals surface area (Å²) in [4.78, 5) is 21.5. The summed E-state index contributed by atoms with van der Waals surface area (Å²) >= 11 is 1.71. The predicted octanol–water partition coefficient (Wildman–Crippen LogP) is 2.47. The normalized spacial score (nSPS) is 25.7. The van der Waals surface area contributed by atoms with E-state index in [-0.39, 0.29) is 29.5 Å². The summed E-state index contributed by atoms with van der Waals surface area (Å²) in [5, 5.41) is 1.08. The number of likely N-dealkylation sites (tertiary alicyclic amines) is 1. The van der Waals surface area contributed by atoms with Gasteiger partial charge in [-0.05, 0) is 37.9 Å². The van der Waals surface area contributed by atoms with Crippen molar-refractivity contribution in [2.75, 3.05) is 31.6 Å². The van der Waals surface area contributed by atoms with Crippen molar-refractivity contribution in [3.05, 3.63) is 29.3 Å². The number of hydrogen-bond acceptors (Lipinski definition) is 6. The SMILES string of the molecule is CN(C(=O)CN1CCCC[C@H]1c1nc2ccccc2s1)[C@@H]1CCS(=O)(=O)C1. The number of likely N-dealkylation sites (N-methyl/N-ethyl adjacent to an activating group) is 1. The first kappa shape index (κ1) is 18.8. The molecule has 2 aliphatic rings. The maximum Gasteiger partial charge on any atom is 0.236 e. The zero-order chi connectivity index (χ0) is 19.0. The number of hydrogen-bond donors (Lipinski definition) is 0. The Morgan fingerprint density at radius 2 is 2.11 bits per heavy atom. The number of amides is 1. The van der Waals surface area contributed by atoms with E-state index in [4.69, 9.17) is 4.98 Å². The molecule has 1 amide bonds. The topological polar surface area (TPSA) is 70.6 Å². The van der Waals surface area contributed by atoms with Crippen LogP contribution in [0.2, 0.25) is 0 Å². The van der Waals surface area contributed by atoms with Gasteiger partial charge >= 0.3 is 0 Å². The van der Waals surface area contributed by atoms with E-state index >= 15 is 0 Å². The first-order valence-electron chi connectivity index (χ1n) is 9.48. The molecular weight excluding hydrogens is 382 g/mol. The molecule has 2 aromatic rings. The Bertz CT molecular complexity index is 908. The van der Waals surface area contributed by atoms with Gasteiger partial charge < -0.3 is 4.90 Å². The Hall–Kier alpha value is -1.51. The number of carbonyl (C=O) groups excluding carboxylic acids is 1. The highest BCUT2D eigenvalue weighted by Gasteiger charge is 2.34. The number of benzene rings is 1. The Kier molecular flexibility index (Phi) is 5.22. The van der Waals surface area contributed by atoms with Crippen molar-refractivity contribution in [2.24, 2.45) is 0 Å². The maximum atomic E-state index is 12.8. The smallest absolute Gasteiger partial charge is 0.236 e. The standard InChI is InChI=1S/C19H25N3O3S2/c1-21(14-9-11-27(24,25)13-14)18(23)12-22-10-5-4-7-16(22)19-20-15-6-2-3-8-17(15)26-19/h2-3,6,8,14,16H,4-5,7,9-13H2,1H3/t14-,16+/m1/s1. The highest BCUT2D eigenvalue weighted by molar-refractivity contribution is 7.91. The van der Waals surface area contributed by atoms with E-state index in [1.807, 2.05) is 18.2 Å². The van der Waals surface area contributed by atoms with Crippen molar-refractivity contribution >= 4 is 37.3 Å². The largest absolute Gasteiger partial charge is 0.341 e. The third-order valence-corrected chi connectivity index (χ3v) is 8.59. The summed E-state index contributed by atoms with van der Waals surface area (Å²) in [6.45, 7) is 1.21. The van der Waals surface area contributed by atoms with E-state index in [1.54, 1.807) is 23.3 Å². The lowest BCUT2D eigenvalue weighted by Gasteiger charge is -2.35. The molecule has 6 nitrogen and oxygen atoms in total. The first-order chi connectivity index (χ1) is 12.9. The minimum absolute atomic E-state index is 0.00473. The lowest BCUT2D eigenvalue weighted by molar-refractivity contribution is -0.133. The second kappa shape index (κ2) is 7.48. The molecule has 0 saturated carbocycles. The van der Waals surface area contributed by atoms with Crippen LogP contribution in [0.5, 0.6) is 0 Å². The molecule has 2 saturated heterocycles. The summed E-state index contributed by atoms with van der Waals surface area (Å²) in [6.07, 6.45) is 3.78. The van der Waals surface area contributed by atoms with Gasteiger partial charge in [0.05, 0.1) is 34.3 Å². The van der Waals surface area contributed by atoms with Crippen LogP contribution in [0.25, 0.3) is 10.2 Å².